The Hall–Kier alpha value is -1.72. The largest absolute Gasteiger partial charge is 0.309 e. The van der Waals surface area contributed by atoms with E-state index in [2.05, 4.69) is 23.7 Å². The topological polar surface area (TPSA) is 55.2 Å². The Morgan fingerprint density at radius 3 is 2.75 bits per heavy atom. The summed E-state index contributed by atoms with van der Waals surface area (Å²) in [6, 6.07) is 11.4. The molecular weight excluding hydrogens is 272 g/mol. The van der Waals surface area contributed by atoms with Gasteiger partial charge < -0.3 is 5.32 Å². The third-order valence-corrected chi connectivity index (χ3v) is 4.25. The molecule has 20 heavy (non-hydrogen) atoms. The molecule has 0 amide bonds. The predicted octanol–water partition coefficient (Wildman–Crippen LogP) is 3.94. The number of benzene rings is 1. The number of para-hydroxylation sites is 1. The number of nitrogens with zero attached hydrogens (tertiary/aromatic N) is 1. The Balaban J connectivity index is 1.94. The first kappa shape index (κ1) is 14.7. The summed E-state index contributed by atoms with van der Waals surface area (Å²) >= 11 is 1.74. The van der Waals surface area contributed by atoms with Gasteiger partial charge in [-0.25, -0.2) is 0 Å². The highest BCUT2D eigenvalue weighted by Gasteiger charge is 2.13. The number of rotatable bonds is 7. The molecule has 0 aliphatic rings. The lowest BCUT2D eigenvalue weighted by molar-refractivity contribution is -0.385. The molecule has 2 aromatic rings. The summed E-state index contributed by atoms with van der Waals surface area (Å²) in [6.07, 6.45) is 1.68. The Morgan fingerprint density at radius 1 is 1.30 bits per heavy atom. The van der Waals surface area contributed by atoms with Crippen molar-refractivity contribution in [2.45, 2.75) is 25.8 Å². The van der Waals surface area contributed by atoms with Crippen molar-refractivity contribution >= 4 is 17.0 Å². The Kier molecular flexibility index (Phi) is 5.26. The number of hydrogen-bond acceptors (Lipinski definition) is 4. The number of thiophene rings is 1. The maximum Gasteiger partial charge on any atom is 0.272 e. The summed E-state index contributed by atoms with van der Waals surface area (Å²) in [5.74, 6) is 0. The van der Waals surface area contributed by atoms with Crippen LogP contribution in [0.5, 0.6) is 0 Å². The molecular formula is C15H18N2O2S. The highest BCUT2D eigenvalue weighted by atomic mass is 32.1. The molecule has 0 aliphatic carbocycles. The monoisotopic (exact) mass is 290 g/mol. The SMILES string of the molecule is CCC(NCCc1ccccc1[N+](=O)[O-])c1cccs1. The minimum Gasteiger partial charge on any atom is -0.309 e. The van der Waals surface area contributed by atoms with E-state index in [0.29, 0.717) is 12.5 Å². The summed E-state index contributed by atoms with van der Waals surface area (Å²) in [5, 5.41) is 16.5. The molecule has 0 spiro atoms. The zero-order valence-electron chi connectivity index (χ0n) is 11.4. The number of nitro benzene ring substituents is 1. The second kappa shape index (κ2) is 7.17. The lowest BCUT2D eigenvalue weighted by Gasteiger charge is -2.15. The molecule has 0 fully saturated rings. The van der Waals surface area contributed by atoms with Gasteiger partial charge in [-0.3, -0.25) is 10.1 Å². The van der Waals surface area contributed by atoms with E-state index in [9.17, 15) is 10.1 Å². The standard InChI is InChI=1S/C15H18N2O2S/c1-2-13(15-8-5-11-20-15)16-10-9-12-6-3-4-7-14(12)17(18)19/h3-8,11,13,16H,2,9-10H2,1H3. The van der Waals surface area contributed by atoms with Gasteiger partial charge in [0, 0.05) is 29.1 Å². The highest BCUT2D eigenvalue weighted by molar-refractivity contribution is 7.10. The average molecular weight is 290 g/mol. The van der Waals surface area contributed by atoms with Gasteiger partial charge in [-0.05, 0) is 24.3 Å². The van der Waals surface area contributed by atoms with Gasteiger partial charge >= 0.3 is 0 Å². The molecule has 0 radical (unpaired) electrons. The van der Waals surface area contributed by atoms with Crippen LogP contribution in [-0.2, 0) is 6.42 Å². The highest BCUT2D eigenvalue weighted by Crippen LogP contribution is 2.22. The van der Waals surface area contributed by atoms with Crippen molar-refractivity contribution in [1.29, 1.82) is 0 Å². The molecule has 1 aromatic carbocycles. The first-order valence-corrected chi connectivity index (χ1v) is 7.59. The molecule has 1 aromatic heterocycles. The van der Waals surface area contributed by atoms with Crippen molar-refractivity contribution in [3.63, 3.8) is 0 Å². The van der Waals surface area contributed by atoms with E-state index in [1.165, 1.54) is 4.88 Å². The van der Waals surface area contributed by atoms with Gasteiger partial charge in [-0.2, -0.15) is 0 Å². The third kappa shape index (κ3) is 3.65. The Morgan fingerprint density at radius 2 is 2.10 bits per heavy atom. The smallest absolute Gasteiger partial charge is 0.272 e. The van der Waals surface area contributed by atoms with Crippen LogP contribution in [0.3, 0.4) is 0 Å². The molecule has 1 unspecified atom stereocenters. The predicted molar refractivity (Wildman–Crippen MR) is 82.2 cm³/mol. The number of nitro groups is 1. The lowest BCUT2D eigenvalue weighted by Crippen LogP contribution is -2.22. The summed E-state index contributed by atoms with van der Waals surface area (Å²) in [4.78, 5) is 11.9. The molecule has 5 heteroatoms. The molecule has 1 atom stereocenters. The van der Waals surface area contributed by atoms with Crippen molar-refractivity contribution in [2.75, 3.05) is 6.54 Å². The van der Waals surface area contributed by atoms with E-state index in [0.717, 1.165) is 18.5 Å². The van der Waals surface area contributed by atoms with Crippen molar-refractivity contribution in [1.82, 2.24) is 5.32 Å². The van der Waals surface area contributed by atoms with Crippen LogP contribution in [-0.4, -0.2) is 11.5 Å². The van der Waals surface area contributed by atoms with Crippen LogP contribution in [0.2, 0.25) is 0 Å². The maximum atomic E-state index is 10.9. The molecule has 2 rings (SSSR count). The summed E-state index contributed by atoms with van der Waals surface area (Å²) in [6.45, 7) is 2.88. The fourth-order valence-corrected chi connectivity index (χ4v) is 3.10. The lowest BCUT2D eigenvalue weighted by atomic mass is 10.1. The molecule has 0 aliphatic heterocycles. The van der Waals surface area contributed by atoms with Crippen LogP contribution in [0.4, 0.5) is 5.69 Å². The van der Waals surface area contributed by atoms with Crippen molar-refractivity contribution in [3.05, 3.63) is 62.3 Å². The third-order valence-electron chi connectivity index (χ3n) is 3.27. The summed E-state index contributed by atoms with van der Waals surface area (Å²) < 4.78 is 0. The van der Waals surface area contributed by atoms with Crippen molar-refractivity contribution < 1.29 is 4.92 Å². The molecule has 0 bridgehead atoms. The van der Waals surface area contributed by atoms with Gasteiger partial charge in [0.05, 0.1) is 4.92 Å². The molecule has 106 valence electrons. The summed E-state index contributed by atoms with van der Waals surface area (Å²) in [5.41, 5.74) is 0.990. The molecule has 0 saturated heterocycles. The van der Waals surface area contributed by atoms with E-state index < -0.39 is 0 Å². The van der Waals surface area contributed by atoms with E-state index in [1.54, 1.807) is 23.5 Å². The number of nitrogens with one attached hydrogen (secondary N) is 1. The van der Waals surface area contributed by atoms with Crippen LogP contribution in [0.15, 0.2) is 41.8 Å². The normalized spacial score (nSPS) is 12.2. The maximum absolute atomic E-state index is 10.9. The molecule has 4 nitrogen and oxygen atoms in total. The van der Waals surface area contributed by atoms with Crippen LogP contribution in [0.25, 0.3) is 0 Å². The minimum atomic E-state index is -0.314. The molecule has 1 N–H and O–H groups in total. The van der Waals surface area contributed by atoms with E-state index in [4.69, 9.17) is 0 Å². The zero-order valence-corrected chi connectivity index (χ0v) is 12.2. The van der Waals surface area contributed by atoms with Crippen LogP contribution in [0.1, 0.15) is 29.8 Å². The van der Waals surface area contributed by atoms with Gasteiger partial charge in [-0.1, -0.05) is 31.2 Å². The second-order valence-electron chi connectivity index (χ2n) is 4.57. The van der Waals surface area contributed by atoms with E-state index in [1.807, 2.05) is 18.2 Å². The van der Waals surface area contributed by atoms with Crippen LogP contribution >= 0.6 is 11.3 Å². The van der Waals surface area contributed by atoms with Crippen LogP contribution < -0.4 is 5.32 Å². The van der Waals surface area contributed by atoms with E-state index in [-0.39, 0.29) is 10.6 Å². The molecule has 1 heterocycles. The summed E-state index contributed by atoms with van der Waals surface area (Å²) in [7, 11) is 0. The molecule has 0 saturated carbocycles. The average Bonchev–Trinajstić information content (AvgIpc) is 2.98. The number of hydrogen-bond donors (Lipinski definition) is 1. The fourth-order valence-electron chi connectivity index (χ4n) is 2.22. The van der Waals surface area contributed by atoms with Gasteiger partial charge in [0.15, 0.2) is 0 Å². The van der Waals surface area contributed by atoms with Gasteiger partial charge in [0.2, 0.25) is 0 Å². The van der Waals surface area contributed by atoms with Crippen molar-refractivity contribution in [3.8, 4) is 0 Å². The van der Waals surface area contributed by atoms with Gasteiger partial charge in [-0.15, -0.1) is 11.3 Å². The first-order chi connectivity index (χ1) is 9.72. The Bertz CT molecular complexity index is 555. The van der Waals surface area contributed by atoms with E-state index >= 15 is 0 Å². The first-order valence-electron chi connectivity index (χ1n) is 6.71. The van der Waals surface area contributed by atoms with Gasteiger partial charge in [0.25, 0.3) is 5.69 Å². The van der Waals surface area contributed by atoms with Crippen molar-refractivity contribution in [2.24, 2.45) is 0 Å². The van der Waals surface area contributed by atoms with Crippen LogP contribution in [0, 0.1) is 10.1 Å². The minimum absolute atomic E-state index is 0.207. The fraction of sp³-hybridized carbons (Fsp3) is 0.333. The second-order valence-corrected chi connectivity index (χ2v) is 5.55. The quantitative estimate of drug-likeness (QED) is 0.620. The Labute approximate surface area is 122 Å². The zero-order chi connectivity index (χ0) is 14.4. The van der Waals surface area contributed by atoms with Gasteiger partial charge in [0.1, 0.15) is 0 Å².